The smallest absolute Gasteiger partial charge is 0.318 e. The molecular weight excluding hydrogens is 264 g/mol. The summed E-state index contributed by atoms with van der Waals surface area (Å²) in [6.45, 7) is 5.36. The van der Waals surface area contributed by atoms with Crippen molar-refractivity contribution in [2.24, 2.45) is 0 Å². The van der Waals surface area contributed by atoms with Gasteiger partial charge in [0.1, 0.15) is 0 Å². The number of nitrogens with zero attached hydrogens (tertiary/aromatic N) is 2. The largest absolute Gasteiger partial charge is 0.335 e. The highest BCUT2D eigenvalue weighted by Crippen LogP contribution is 2.22. The molecule has 0 saturated heterocycles. The van der Waals surface area contributed by atoms with Crippen molar-refractivity contribution in [3.8, 4) is 0 Å². The monoisotopic (exact) mass is 284 g/mol. The van der Waals surface area contributed by atoms with Gasteiger partial charge in [0.25, 0.3) is 0 Å². The van der Waals surface area contributed by atoms with Gasteiger partial charge < -0.3 is 10.2 Å². The third kappa shape index (κ3) is 3.07. The van der Waals surface area contributed by atoms with Gasteiger partial charge in [0.05, 0.1) is 5.69 Å². The van der Waals surface area contributed by atoms with Crippen molar-refractivity contribution in [1.82, 2.24) is 20.4 Å². The highest BCUT2D eigenvalue weighted by Gasteiger charge is 2.23. The first-order valence-corrected chi connectivity index (χ1v) is 7.25. The maximum absolute atomic E-state index is 12.3. The Morgan fingerprint density at radius 3 is 2.62 bits per heavy atom. The van der Waals surface area contributed by atoms with Gasteiger partial charge in [-0.1, -0.05) is 24.3 Å². The van der Waals surface area contributed by atoms with E-state index in [9.17, 15) is 4.79 Å². The summed E-state index contributed by atoms with van der Waals surface area (Å²) in [5.74, 6) is 0. The molecule has 2 aromatic rings. The van der Waals surface area contributed by atoms with Crippen LogP contribution < -0.4 is 5.32 Å². The number of amides is 2. The molecule has 1 aliphatic rings. The first kappa shape index (κ1) is 13.7. The number of fused-ring (bicyclic) bond motifs is 1. The Hall–Kier alpha value is -2.30. The van der Waals surface area contributed by atoms with Crippen molar-refractivity contribution in [1.29, 1.82) is 0 Å². The molecule has 5 nitrogen and oxygen atoms in total. The number of aryl methyl sites for hydroxylation is 1. The topological polar surface area (TPSA) is 61.0 Å². The van der Waals surface area contributed by atoms with Crippen LogP contribution in [0.25, 0.3) is 0 Å². The Morgan fingerprint density at radius 2 is 2.05 bits per heavy atom. The predicted molar refractivity (Wildman–Crippen MR) is 80.7 cm³/mol. The van der Waals surface area contributed by atoms with Crippen LogP contribution in [0, 0.1) is 6.92 Å². The average molecular weight is 284 g/mol. The number of H-pyrrole nitrogens is 1. The lowest BCUT2D eigenvalue weighted by Crippen LogP contribution is -2.42. The fourth-order valence-corrected chi connectivity index (χ4v) is 2.72. The maximum atomic E-state index is 12.3. The molecule has 3 rings (SSSR count). The number of carbonyl (C=O) groups is 1. The molecule has 1 unspecified atom stereocenters. The number of hydrogen-bond acceptors (Lipinski definition) is 2. The van der Waals surface area contributed by atoms with Gasteiger partial charge in [0.2, 0.25) is 0 Å². The van der Waals surface area contributed by atoms with E-state index < -0.39 is 0 Å². The molecule has 1 aromatic heterocycles. The Labute approximate surface area is 124 Å². The number of aromatic nitrogens is 2. The Kier molecular flexibility index (Phi) is 3.64. The van der Waals surface area contributed by atoms with Gasteiger partial charge in [-0.3, -0.25) is 5.10 Å². The molecule has 1 aromatic carbocycles. The highest BCUT2D eigenvalue weighted by molar-refractivity contribution is 5.75. The minimum atomic E-state index is -0.00837. The number of hydrogen-bond donors (Lipinski definition) is 2. The molecule has 2 amide bonds. The summed E-state index contributed by atoms with van der Waals surface area (Å²) in [5.41, 5.74) is 4.50. The lowest BCUT2D eigenvalue weighted by atomic mass is 10.1. The lowest BCUT2D eigenvalue weighted by Gasteiger charge is -2.20. The highest BCUT2D eigenvalue weighted by atomic mass is 16.2. The zero-order chi connectivity index (χ0) is 14.8. The van der Waals surface area contributed by atoms with Crippen LogP contribution in [0.15, 0.2) is 30.3 Å². The molecule has 0 saturated carbocycles. The van der Waals surface area contributed by atoms with Crippen LogP contribution in [0.5, 0.6) is 0 Å². The maximum Gasteiger partial charge on any atom is 0.318 e. The first-order chi connectivity index (χ1) is 10.1. The van der Waals surface area contributed by atoms with Gasteiger partial charge in [-0.25, -0.2) is 4.79 Å². The second-order valence-electron chi connectivity index (χ2n) is 5.72. The van der Waals surface area contributed by atoms with Gasteiger partial charge in [-0.15, -0.1) is 0 Å². The summed E-state index contributed by atoms with van der Waals surface area (Å²) in [6, 6.07) is 10.3. The van der Waals surface area contributed by atoms with Crippen molar-refractivity contribution < 1.29 is 4.79 Å². The van der Waals surface area contributed by atoms with E-state index in [4.69, 9.17) is 0 Å². The molecule has 2 N–H and O–H groups in total. The first-order valence-electron chi connectivity index (χ1n) is 7.25. The van der Waals surface area contributed by atoms with E-state index in [1.165, 1.54) is 11.1 Å². The van der Waals surface area contributed by atoms with Crippen molar-refractivity contribution in [2.75, 3.05) is 0 Å². The van der Waals surface area contributed by atoms with Crippen LogP contribution in [0.2, 0.25) is 0 Å². The minimum absolute atomic E-state index is 0.00837. The normalized spacial score (nSPS) is 14.9. The van der Waals surface area contributed by atoms with E-state index in [0.29, 0.717) is 13.1 Å². The van der Waals surface area contributed by atoms with Crippen LogP contribution in [0.3, 0.4) is 0 Å². The second-order valence-corrected chi connectivity index (χ2v) is 5.72. The van der Waals surface area contributed by atoms with Crippen LogP contribution in [-0.4, -0.2) is 27.2 Å². The van der Waals surface area contributed by atoms with E-state index in [2.05, 4.69) is 27.6 Å². The molecule has 0 aliphatic carbocycles. The SMILES string of the molecule is Cc1cc(CC(C)NC(=O)N2Cc3ccccc3C2)n[nH]1. The van der Waals surface area contributed by atoms with Crippen LogP contribution in [-0.2, 0) is 19.5 Å². The standard InChI is InChI=1S/C16H20N4O/c1-11(7-15-8-12(2)18-19-15)17-16(21)20-9-13-5-3-4-6-14(13)10-20/h3-6,8,11H,7,9-10H2,1-2H3,(H,17,21)(H,18,19). The quantitative estimate of drug-likeness (QED) is 0.909. The zero-order valence-electron chi connectivity index (χ0n) is 12.4. The molecule has 0 fully saturated rings. The fourth-order valence-electron chi connectivity index (χ4n) is 2.72. The number of benzene rings is 1. The summed E-state index contributed by atoms with van der Waals surface area (Å²) >= 11 is 0. The van der Waals surface area contributed by atoms with Gasteiger partial charge in [0.15, 0.2) is 0 Å². The average Bonchev–Trinajstić information content (AvgIpc) is 3.04. The van der Waals surface area contributed by atoms with Crippen molar-refractivity contribution >= 4 is 6.03 Å². The van der Waals surface area contributed by atoms with E-state index >= 15 is 0 Å². The van der Waals surface area contributed by atoms with E-state index in [1.807, 2.05) is 36.9 Å². The van der Waals surface area contributed by atoms with Gasteiger partial charge >= 0.3 is 6.03 Å². The van der Waals surface area contributed by atoms with E-state index in [-0.39, 0.29) is 12.1 Å². The van der Waals surface area contributed by atoms with Crippen LogP contribution in [0.1, 0.15) is 29.4 Å². The Balaban J connectivity index is 1.55. The molecule has 110 valence electrons. The van der Waals surface area contributed by atoms with Crippen LogP contribution >= 0.6 is 0 Å². The number of carbonyl (C=O) groups excluding carboxylic acids is 1. The molecule has 1 aliphatic heterocycles. The van der Waals surface area contributed by atoms with Gasteiger partial charge in [0, 0.05) is 31.2 Å². The summed E-state index contributed by atoms with van der Waals surface area (Å²) in [4.78, 5) is 14.2. The van der Waals surface area contributed by atoms with E-state index in [0.717, 1.165) is 17.8 Å². The molecule has 21 heavy (non-hydrogen) atoms. The number of urea groups is 1. The summed E-state index contributed by atoms with van der Waals surface area (Å²) in [7, 11) is 0. The van der Waals surface area contributed by atoms with Crippen molar-refractivity contribution in [3.63, 3.8) is 0 Å². The molecule has 0 spiro atoms. The number of aromatic amines is 1. The Morgan fingerprint density at radius 1 is 1.38 bits per heavy atom. The summed E-state index contributed by atoms with van der Waals surface area (Å²) in [6.07, 6.45) is 0.733. The molecule has 1 atom stereocenters. The molecule has 0 radical (unpaired) electrons. The van der Waals surface area contributed by atoms with Crippen molar-refractivity contribution in [2.45, 2.75) is 39.4 Å². The van der Waals surface area contributed by atoms with Gasteiger partial charge in [-0.2, -0.15) is 5.10 Å². The Bertz CT molecular complexity index is 624. The molecule has 2 heterocycles. The fraction of sp³-hybridized carbons (Fsp3) is 0.375. The lowest BCUT2D eigenvalue weighted by molar-refractivity contribution is 0.195. The van der Waals surface area contributed by atoms with Crippen LogP contribution in [0.4, 0.5) is 4.79 Å². The number of nitrogens with one attached hydrogen (secondary N) is 2. The summed E-state index contributed by atoms with van der Waals surface area (Å²) in [5, 5.41) is 10.2. The third-order valence-electron chi connectivity index (χ3n) is 3.77. The second kappa shape index (κ2) is 5.60. The minimum Gasteiger partial charge on any atom is -0.335 e. The summed E-state index contributed by atoms with van der Waals surface area (Å²) < 4.78 is 0. The molecule has 5 heteroatoms. The third-order valence-corrected chi connectivity index (χ3v) is 3.77. The number of rotatable bonds is 3. The predicted octanol–water partition coefficient (Wildman–Crippen LogP) is 2.37. The van der Waals surface area contributed by atoms with Gasteiger partial charge in [-0.05, 0) is 31.0 Å². The van der Waals surface area contributed by atoms with E-state index in [1.54, 1.807) is 0 Å². The zero-order valence-corrected chi connectivity index (χ0v) is 12.4. The molecule has 0 bridgehead atoms. The van der Waals surface area contributed by atoms with Crippen molar-refractivity contribution in [3.05, 3.63) is 52.8 Å². The molecular formula is C16H20N4O.